The van der Waals surface area contributed by atoms with Crippen LogP contribution in [0.2, 0.25) is 5.02 Å². The number of nitrogens with two attached hydrogens (primary N) is 1. The highest BCUT2D eigenvalue weighted by Crippen LogP contribution is 2.41. The van der Waals surface area contributed by atoms with Gasteiger partial charge in [0.05, 0.1) is 5.02 Å². The van der Waals surface area contributed by atoms with E-state index in [2.05, 4.69) is 0 Å². The van der Waals surface area contributed by atoms with Crippen LogP contribution in [0.3, 0.4) is 0 Å². The minimum Gasteiger partial charge on any atom is -0.480 e. The molecular weight excluding hydrogens is 258 g/mol. The van der Waals surface area contributed by atoms with Crippen molar-refractivity contribution in [2.24, 2.45) is 5.73 Å². The van der Waals surface area contributed by atoms with Crippen LogP contribution >= 0.6 is 23.4 Å². The Morgan fingerprint density at radius 2 is 2.24 bits per heavy atom. The zero-order chi connectivity index (χ0) is 12.5. The van der Waals surface area contributed by atoms with E-state index >= 15 is 0 Å². The van der Waals surface area contributed by atoms with Gasteiger partial charge in [0.25, 0.3) is 0 Å². The molecule has 0 spiro atoms. The Hall–Kier alpha value is -0.710. The number of carboxylic acids is 1. The highest BCUT2D eigenvalue weighted by atomic mass is 35.5. The quantitative estimate of drug-likeness (QED) is 0.887. The zero-order valence-electron chi connectivity index (χ0n) is 9.23. The van der Waals surface area contributed by atoms with Gasteiger partial charge in [0, 0.05) is 10.1 Å². The van der Waals surface area contributed by atoms with E-state index in [9.17, 15) is 4.79 Å². The Balaban J connectivity index is 2.04. The summed E-state index contributed by atoms with van der Waals surface area (Å²) in [6.45, 7) is 0. The predicted octanol–water partition coefficient (Wildman–Crippen LogP) is 2.77. The fourth-order valence-electron chi connectivity index (χ4n) is 2.04. The number of hydrogen-bond acceptors (Lipinski definition) is 3. The molecule has 0 aliphatic heterocycles. The number of carboxylic acid groups (broad SMARTS) is 1. The number of benzene rings is 1. The summed E-state index contributed by atoms with van der Waals surface area (Å²) < 4.78 is 0. The highest BCUT2D eigenvalue weighted by Gasteiger charge is 2.42. The topological polar surface area (TPSA) is 63.3 Å². The molecule has 0 amide bonds. The van der Waals surface area contributed by atoms with Crippen LogP contribution in [0.5, 0.6) is 0 Å². The Kier molecular flexibility index (Phi) is 3.66. The first-order chi connectivity index (χ1) is 8.01. The fraction of sp³-hybridized carbons (Fsp3) is 0.417. The number of thioether (sulfide) groups is 1. The molecule has 1 aromatic carbocycles. The summed E-state index contributed by atoms with van der Waals surface area (Å²) in [5, 5.41) is 9.99. The first-order valence-corrected chi connectivity index (χ1v) is 6.70. The van der Waals surface area contributed by atoms with Crippen LogP contribution in [0.1, 0.15) is 19.3 Å². The molecule has 1 aliphatic rings. The molecule has 1 fully saturated rings. The molecule has 1 saturated carbocycles. The molecule has 1 aromatic rings. The fourth-order valence-corrected chi connectivity index (χ4v) is 3.63. The van der Waals surface area contributed by atoms with Crippen LogP contribution in [-0.4, -0.2) is 21.9 Å². The van der Waals surface area contributed by atoms with E-state index in [4.69, 9.17) is 22.4 Å². The van der Waals surface area contributed by atoms with Crippen LogP contribution in [0, 0.1) is 0 Å². The maximum atomic E-state index is 11.0. The van der Waals surface area contributed by atoms with E-state index in [0.29, 0.717) is 17.9 Å². The summed E-state index contributed by atoms with van der Waals surface area (Å²) in [7, 11) is 0. The number of aliphatic carboxylic acids is 1. The summed E-state index contributed by atoms with van der Waals surface area (Å²) in [5.41, 5.74) is 4.78. The molecule has 17 heavy (non-hydrogen) atoms. The van der Waals surface area contributed by atoms with Gasteiger partial charge in [0.15, 0.2) is 0 Å². The van der Waals surface area contributed by atoms with Crippen molar-refractivity contribution in [2.45, 2.75) is 34.9 Å². The average Bonchev–Trinajstić information content (AvgIpc) is 2.65. The van der Waals surface area contributed by atoms with E-state index in [1.54, 1.807) is 11.8 Å². The van der Waals surface area contributed by atoms with Crippen molar-refractivity contribution >= 4 is 29.3 Å². The van der Waals surface area contributed by atoms with Gasteiger partial charge in [-0.15, -0.1) is 11.8 Å². The Morgan fingerprint density at radius 3 is 2.82 bits per heavy atom. The Bertz CT molecular complexity index is 440. The van der Waals surface area contributed by atoms with Crippen LogP contribution in [0.4, 0.5) is 0 Å². The van der Waals surface area contributed by atoms with Crippen molar-refractivity contribution in [3.8, 4) is 0 Å². The van der Waals surface area contributed by atoms with Crippen LogP contribution < -0.4 is 5.73 Å². The standard InChI is InChI=1S/C12H14ClNO2S/c13-9-3-1-2-4-10(9)17-8-5-6-12(14,7-8)11(15)16/h1-4,8H,5-7,14H2,(H,15,16). The third-order valence-corrected chi connectivity index (χ3v) is 4.85. The predicted molar refractivity (Wildman–Crippen MR) is 69.5 cm³/mol. The maximum absolute atomic E-state index is 11.0. The minimum absolute atomic E-state index is 0.232. The van der Waals surface area contributed by atoms with E-state index in [1.165, 1.54) is 0 Å². The van der Waals surface area contributed by atoms with Crippen molar-refractivity contribution in [1.82, 2.24) is 0 Å². The summed E-state index contributed by atoms with van der Waals surface area (Å²) in [4.78, 5) is 12.0. The van der Waals surface area contributed by atoms with E-state index in [1.807, 2.05) is 24.3 Å². The number of halogens is 1. The first-order valence-electron chi connectivity index (χ1n) is 5.45. The van der Waals surface area contributed by atoms with Crippen LogP contribution in [0.25, 0.3) is 0 Å². The highest BCUT2D eigenvalue weighted by molar-refractivity contribution is 8.00. The first kappa shape index (κ1) is 12.7. The van der Waals surface area contributed by atoms with Crippen LogP contribution in [-0.2, 0) is 4.79 Å². The Morgan fingerprint density at radius 1 is 1.53 bits per heavy atom. The van der Waals surface area contributed by atoms with Crippen molar-refractivity contribution in [3.63, 3.8) is 0 Å². The second kappa shape index (κ2) is 4.88. The van der Waals surface area contributed by atoms with E-state index in [-0.39, 0.29) is 5.25 Å². The van der Waals surface area contributed by atoms with Gasteiger partial charge in [-0.2, -0.15) is 0 Å². The Labute approximate surface area is 109 Å². The molecule has 2 unspecified atom stereocenters. The molecule has 2 rings (SSSR count). The molecule has 0 aromatic heterocycles. The van der Waals surface area contributed by atoms with Gasteiger partial charge in [-0.3, -0.25) is 4.79 Å². The van der Waals surface area contributed by atoms with E-state index < -0.39 is 11.5 Å². The third kappa shape index (κ3) is 2.76. The van der Waals surface area contributed by atoms with Crippen molar-refractivity contribution in [3.05, 3.63) is 29.3 Å². The molecule has 3 nitrogen and oxygen atoms in total. The molecule has 5 heteroatoms. The molecule has 3 N–H and O–H groups in total. The van der Waals surface area contributed by atoms with Gasteiger partial charge in [-0.25, -0.2) is 0 Å². The SMILES string of the molecule is NC1(C(=O)O)CCC(Sc2ccccc2Cl)C1. The lowest BCUT2D eigenvalue weighted by Crippen LogP contribution is -2.45. The van der Waals surface area contributed by atoms with Gasteiger partial charge < -0.3 is 10.8 Å². The van der Waals surface area contributed by atoms with Gasteiger partial charge in [0.1, 0.15) is 5.54 Å². The summed E-state index contributed by atoms with van der Waals surface area (Å²) in [6.07, 6.45) is 1.85. The molecular formula is C12H14ClNO2S. The molecule has 0 heterocycles. The van der Waals surface area contributed by atoms with Gasteiger partial charge >= 0.3 is 5.97 Å². The minimum atomic E-state index is -1.06. The second-order valence-corrected chi connectivity index (χ2v) is 6.12. The number of rotatable bonds is 3. The normalized spacial score (nSPS) is 28.2. The molecule has 0 bridgehead atoms. The van der Waals surface area contributed by atoms with Crippen molar-refractivity contribution in [2.75, 3.05) is 0 Å². The smallest absolute Gasteiger partial charge is 0.323 e. The van der Waals surface area contributed by atoms with E-state index in [0.717, 1.165) is 11.3 Å². The van der Waals surface area contributed by atoms with Crippen molar-refractivity contribution in [1.29, 1.82) is 0 Å². The maximum Gasteiger partial charge on any atom is 0.323 e. The third-order valence-electron chi connectivity index (χ3n) is 3.06. The zero-order valence-corrected chi connectivity index (χ0v) is 10.8. The van der Waals surface area contributed by atoms with Gasteiger partial charge in [-0.1, -0.05) is 23.7 Å². The largest absolute Gasteiger partial charge is 0.480 e. The average molecular weight is 272 g/mol. The molecule has 1 aliphatic carbocycles. The lowest BCUT2D eigenvalue weighted by Gasteiger charge is -2.18. The molecule has 0 radical (unpaired) electrons. The molecule has 2 atom stereocenters. The molecule has 92 valence electrons. The monoisotopic (exact) mass is 271 g/mol. The second-order valence-electron chi connectivity index (χ2n) is 4.37. The lowest BCUT2D eigenvalue weighted by molar-refractivity contribution is -0.143. The summed E-state index contributed by atoms with van der Waals surface area (Å²) in [6, 6.07) is 7.59. The molecule has 0 saturated heterocycles. The summed E-state index contributed by atoms with van der Waals surface area (Å²) in [5.74, 6) is -0.903. The lowest BCUT2D eigenvalue weighted by atomic mass is 10.0. The number of hydrogen-bond donors (Lipinski definition) is 2. The van der Waals surface area contributed by atoms with Gasteiger partial charge in [-0.05, 0) is 31.4 Å². The van der Waals surface area contributed by atoms with Gasteiger partial charge in [0.2, 0.25) is 0 Å². The van der Waals surface area contributed by atoms with Crippen LogP contribution in [0.15, 0.2) is 29.2 Å². The van der Waals surface area contributed by atoms with Crippen molar-refractivity contribution < 1.29 is 9.90 Å². The number of carbonyl (C=O) groups is 1. The summed E-state index contributed by atoms with van der Waals surface area (Å²) >= 11 is 7.69.